The van der Waals surface area contributed by atoms with Crippen LogP contribution in [-0.4, -0.2) is 106 Å². The zero-order valence-electron chi connectivity index (χ0n) is 41.0. The van der Waals surface area contributed by atoms with E-state index in [1.54, 1.807) is 5.71 Å². The van der Waals surface area contributed by atoms with Crippen molar-refractivity contribution in [1.29, 1.82) is 0 Å². The van der Waals surface area contributed by atoms with Gasteiger partial charge in [0.1, 0.15) is 12.3 Å². The molecule has 5 fully saturated rings. The molecular weight excluding hydrogens is 835 g/mol. The van der Waals surface area contributed by atoms with Gasteiger partial charge in [0.05, 0.1) is 18.1 Å². The van der Waals surface area contributed by atoms with E-state index in [-0.39, 0.29) is 10.8 Å². The summed E-state index contributed by atoms with van der Waals surface area (Å²) >= 11 is 3.50. The van der Waals surface area contributed by atoms with Crippen LogP contribution < -0.4 is 10.6 Å². The number of likely N-dealkylation sites (tertiary alicyclic amines) is 1. The van der Waals surface area contributed by atoms with Gasteiger partial charge in [0, 0.05) is 61.6 Å². The first-order chi connectivity index (χ1) is 30.9. The third-order valence-electron chi connectivity index (χ3n) is 17.0. The summed E-state index contributed by atoms with van der Waals surface area (Å²) in [5, 5.41) is 7.76. The molecule has 0 aromatic carbocycles. The van der Waals surface area contributed by atoms with E-state index in [1.807, 2.05) is 0 Å². The molecule has 1 saturated heterocycles. The van der Waals surface area contributed by atoms with Crippen molar-refractivity contribution in [3.63, 3.8) is 0 Å². The smallest absolute Gasteiger partial charge is 0.301 e. The molecule has 3 N–H and O–H groups in total. The second kappa shape index (κ2) is 23.3. The molecule has 0 bridgehead atoms. The summed E-state index contributed by atoms with van der Waals surface area (Å²) in [5.74, 6) is 4.25. The summed E-state index contributed by atoms with van der Waals surface area (Å²) in [5.41, 5.74) is 5.96. The summed E-state index contributed by atoms with van der Waals surface area (Å²) < 4.78 is 35.5. The van der Waals surface area contributed by atoms with Gasteiger partial charge in [-0.2, -0.15) is 4.21 Å². The molecule has 0 radical (unpaired) electrons. The van der Waals surface area contributed by atoms with E-state index in [9.17, 15) is 4.21 Å². The predicted octanol–water partition coefficient (Wildman–Crippen LogP) is 10.9. The van der Waals surface area contributed by atoms with Gasteiger partial charge >= 0.3 is 11.4 Å². The van der Waals surface area contributed by atoms with E-state index >= 15 is 0 Å². The first-order valence-electron chi connectivity index (χ1n) is 26.2. The van der Waals surface area contributed by atoms with Crippen LogP contribution in [-0.2, 0) is 20.3 Å². The van der Waals surface area contributed by atoms with Crippen LogP contribution in [0.3, 0.4) is 0 Å². The number of unbranched alkanes of at least 4 members (excludes halogenated alkanes) is 1. The number of nitrogens with zero attached hydrogens (tertiary/aromatic N) is 3. The van der Waals surface area contributed by atoms with Crippen LogP contribution in [0.5, 0.6) is 0 Å². The van der Waals surface area contributed by atoms with Crippen LogP contribution in [0.2, 0.25) is 0 Å². The number of fused-ring (bicyclic) bond motifs is 4. The quantitative estimate of drug-likeness (QED) is 0.0507. The van der Waals surface area contributed by atoms with E-state index in [0.717, 1.165) is 107 Å². The van der Waals surface area contributed by atoms with Crippen LogP contribution in [0.1, 0.15) is 169 Å². The average Bonchev–Trinajstić information content (AvgIpc) is 3.63. The zero-order chi connectivity index (χ0) is 45.3. The van der Waals surface area contributed by atoms with Crippen molar-refractivity contribution in [1.82, 2.24) is 20.4 Å². The van der Waals surface area contributed by atoms with Gasteiger partial charge in [-0.1, -0.05) is 58.4 Å². The molecule has 7 rings (SSSR count). The average molecular weight is 923 g/mol. The Morgan fingerprint density at radius 2 is 1.58 bits per heavy atom. The summed E-state index contributed by atoms with van der Waals surface area (Å²) in [6, 6.07) is 1.17. The SMILES string of the molecule is CN(C)CCCNC(=S)NCCC[N+]1=C(/C=C/C2=C(OC3CCCCC3)C(=C/C=C3/N(CCCCOS(=O)O)C4CCCCC4C3(C)C)/CCC2)C(C)(C)C2C3CCCCC3CCC21. The molecule has 2 heterocycles. The Kier molecular flexibility index (Phi) is 18.2. The number of hydrogen-bond donors (Lipinski definition) is 3. The Bertz CT molecular complexity index is 1760. The lowest BCUT2D eigenvalue weighted by Crippen LogP contribution is -2.46. The van der Waals surface area contributed by atoms with Gasteiger partial charge in [0.25, 0.3) is 0 Å². The molecule has 7 aliphatic rings. The van der Waals surface area contributed by atoms with Crippen LogP contribution in [0.15, 0.2) is 46.9 Å². The van der Waals surface area contributed by atoms with Crippen molar-refractivity contribution in [3.05, 3.63) is 46.9 Å². The summed E-state index contributed by atoms with van der Waals surface area (Å²) in [7, 11) is 4.25. The molecular formula is C53H88N5O4S2+. The number of thiocarbonyl (C=S) groups is 1. The topological polar surface area (TPSA) is 89.3 Å². The Morgan fingerprint density at radius 1 is 0.844 bits per heavy atom. The molecule has 7 unspecified atom stereocenters. The lowest BCUT2D eigenvalue weighted by molar-refractivity contribution is -0.569. The Hall–Kier alpha value is -2.05. The van der Waals surface area contributed by atoms with E-state index in [0.29, 0.717) is 36.6 Å². The van der Waals surface area contributed by atoms with Crippen LogP contribution in [0.4, 0.5) is 0 Å². The lowest BCUT2D eigenvalue weighted by atomic mass is 9.57. The predicted molar refractivity (Wildman–Crippen MR) is 269 cm³/mol. The van der Waals surface area contributed by atoms with Crippen LogP contribution >= 0.6 is 12.2 Å². The zero-order valence-corrected chi connectivity index (χ0v) is 42.6. The number of ether oxygens (including phenoxy) is 1. The fourth-order valence-electron chi connectivity index (χ4n) is 14.0. The number of hydrogen-bond acceptors (Lipinski definition) is 6. The standard InChI is InChI=1S/C53H87N5O4S2/c1-52(2)44-25-12-13-26-45(44)57(36-14-15-38-61-64(59)60)47(52)31-28-40-20-16-21-41(50(40)62-42-22-8-7-9-23-42)29-32-48-53(3,4)49-43-24-11-10-19-39(43)27-30-46(49)58(48)37-18-34-55-51(63)54-33-17-35-56(5)6/h28-29,31-32,39,42-46,49H,7-27,30,33-38H2,1-6H3,(H2-,54,55,59,60,63)/p+1. The molecule has 64 heavy (non-hydrogen) atoms. The minimum atomic E-state index is -2.20. The van der Waals surface area contributed by atoms with Crippen molar-refractivity contribution < 1.29 is 22.3 Å². The normalized spacial score (nSPS) is 31.2. The highest BCUT2D eigenvalue weighted by molar-refractivity contribution is 7.80. The van der Waals surface area contributed by atoms with Gasteiger partial charge < -0.3 is 25.2 Å². The highest BCUT2D eigenvalue weighted by Gasteiger charge is 2.59. The Balaban J connectivity index is 1.18. The highest BCUT2D eigenvalue weighted by Crippen LogP contribution is 2.56. The van der Waals surface area contributed by atoms with Gasteiger partial charge in [0.2, 0.25) is 0 Å². The van der Waals surface area contributed by atoms with Gasteiger partial charge in [-0.15, -0.1) is 0 Å². The molecule has 5 aliphatic carbocycles. The van der Waals surface area contributed by atoms with Gasteiger partial charge in [-0.3, -0.25) is 8.74 Å². The van der Waals surface area contributed by atoms with Gasteiger partial charge in [-0.05, 0) is 178 Å². The first-order valence-corrected chi connectivity index (χ1v) is 27.6. The summed E-state index contributed by atoms with van der Waals surface area (Å²) in [4.78, 5) is 4.95. The number of rotatable bonds is 19. The number of nitrogens with one attached hydrogen (secondary N) is 2. The van der Waals surface area contributed by atoms with E-state index in [2.05, 4.69) is 91.1 Å². The minimum Gasteiger partial charge on any atom is -0.490 e. The van der Waals surface area contributed by atoms with Crippen molar-refractivity contribution >= 4 is 34.4 Å². The van der Waals surface area contributed by atoms with E-state index < -0.39 is 11.4 Å². The maximum absolute atomic E-state index is 11.1. The molecule has 9 nitrogen and oxygen atoms in total. The maximum atomic E-state index is 11.1. The third-order valence-corrected chi connectivity index (χ3v) is 17.7. The van der Waals surface area contributed by atoms with E-state index in [4.69, 9.17) is 25.7 Å². The molecule has 0 amide bonds. The monoisotopic (exact) mass is 923 g/mol. The molecule has 0 aromatic heterocycles. The van der Waals surface area contributed by atoms with E-state index in [1.165, 1.54) is 106 Å². The molecule has 0 aromatic rings. The third kappa shape index (κ3) is 12.1. The fourth-order valence-corrected chi connectivity index (χ4v) is 14.4. The van der Waals surface area contributed by atoms with Crippen LogP contribution in [0.25, 0.3) is 0 Å². The van der Waals surface area contributed by atoms with Crippen molar-refractivity contribution in [3.8, 4) is 0 Å². The molecule has 2 aliphatic heterocycles. The second-order valence-electron chi connectivity index (χ2n) is 22.2. The molecule has 4 saturated carbocycles. The summed E-state index contributed by atoms with van der Waals surface area (Å²) in [6.45, 7) is 15.3. The van der Waals surface area contributed by atoms with Crippen molar-refractivity contribution in [2.45, 2.75) is 187 Å². The molecule has 360 valence electrons. The lowest BCUT2D eigenvalue weighted by Gasteiger charge is -2.45. The van der Waals surface area contributed by atoms with Gasteiger partial charge in [-0.25, -0.2) is 4.58 Å². The van der Waals surface area contributed by atoms with Crippen molar-refractivity contribution in [2.24, 2.45) is 34.5 Å². The largest absolute Gasteiger partial charge is 0.490 e. The molecule has 0 spiro atoms. The van der Waals surface area contributed by atoms with Crippen molar-refractivity contribution in [2.75, 3.05) is 53.4 Å². The number of allylic oxidation sites excluding steroid dienone is 7. The molecule has 11 heteroatoms. The Labute approximate surface area is 397 Å². The fraction of sp³-hybridized carbons (Fsp3) is 0.811. The second-order valence-corrected chi connectivity index (χ2v) is 23.2. The molecule has 7 atom stereocenters. The van der Waals surface area contributed by atoms with Crippen LogP contribution in [0, 0.1) is 34.5 Å². The Morgan fingerprint density at radius 3 is 2.36 bits per heavy atom. The minimum absolute atomic E-state index is 0.0852. The summed E-state index contributed by atoms with van der Waals surface area (Å²) in [6.07, 6.45) is 37.1. The van der Waals surface area contributed by atoms with Gasteiger partial charge in [0.15, 0.2) is 16.9 Å². The maximum Gasteiger partial charge on any atom is 0.301 e. The highest BCUT2D eigenvalue weighted by atomic mass is 32.2. The first kappa shape index (κ1) is 49.8.